The van der Waals surface area contributed by atoms with E-state index in [-0.39, 0.29) is 30.2 Å². The summed E-state index contributed by atoms with van der Waals surface area (Å²) in [5, 5.41) is 6.79. The van der Waals surface area contributed by atoms with Gasteiger partial charge in [-0.15, -0.1) is 0 Å². The Hall–Kier alpha value is -4.04. The Balaban J connectivity index is 1.40. The zero-order valence-electron chi connectivity index (χ0n) is 18.7. The molecule has 2 atom stereocenters. The summed E-state index contributed by atoms with van der Waals surface area (Å²) < 4.78 is 19.6. The van der Waals surface area contributed by atoms with Crippen molar-refractivity contribution >= 4 is 28.9 Å². The number of nitrogens with one attached hydrogen (secondary N) is 2. The van der Waals surface area contributed by atoms with Crippen molar-refractivity contribution in [2.45, 2.75) is 18.5 Å². The molecule has 1 amide bonds. The molecular formula is C27H23FN4O2S. The van der Waals surface area contributed by atoms with Gasteiger partial charge in [0, 0.05) is 30.4 Å². The normalized spacial score (nSPS) is 17.3. The zero-order valence-corrected chi connectivity index (χ0v) is 19.5. The van der Waals surface area contributed by atoms with E-state index >= 15 is 0 Å². The molecule has 0 radical (unpaired) electrons. The monoisotopic (exact) mass is 486 g/mol. The Morgan fingerprint density at radius 1 is 1.03 bits per heavy atom. The molecule has 0 spiro atoms. The molecule has 5 rings (SSSR count). The molecule has 0 bridgehead atoms. The van der Waals surface area contributed by atoms with Crippen molar-refractivity contribution in [1.29, 1.82) is 0 Å². The molecule has 1 aliphatic rings. The molecular weight excluding hydrogens is 463 g/mol. The van der Waals surface area contributed by atoms with Gasteiger partial charge in [-0.2, -0.15) is 0 Å². The first kappa shape index (κ1) is 22.7. The number of benzene rings is 2. The predicted octanol–water partition coefficient (Wildman–Crippen LogP) is 5.48. The molecule has 6 nitrogen and oxygen atoms in total. The smallest absolute Gasteiger partial charge is 0.226 e. The number of para-hydroxylation sites is 1. The molecule has 8 heteroatoms. The number of halogens is 1. The standard InChI is InChI=1S/C27H23FN4O2S/c28-19-11-9-18(10-12-19)22-13-14-23(34-22)26-25(21-8-4-5-16-29-21)31-27(35)32(26)17-15-24(33)30-20-6-2-1-3-7-20/h1-14,16,25-26H,15,17H2,(H,30,33)(H,31,35)/t25-,26-/m0/s1. The van der Waals surface area contributed by atoms with Crippen LogP contribution in [0.3, 0.4) is 0 Å². The summed E-state index contributed by atoms with van der Waals surface area (Å²) in [4.78, 5) is 19.1. The lowest BCUT2D eigenvalue weighted by Crippen LogP contribution is -2.32. The molecule has 3 heterocycles. The number of carbonyl (C=O) groups is 1. The number of anilines is 1. The van der Waals surface area contributed by atoms with Crippen LogP contribution >= 0.6 is 12.2 Å². The summed E-state index contributed by atoms with van der Waals surface area (Å²) >= 11 is 5.66. The average molecular weight is 487 g/mol. The lowest BCUT2D eigenvalue weighted by molar-refractivity contribution is -0.116. The summed E-state index contributed by atoms with van der Waals surface area (Å²) in [7, 11) is 0. The van der Waals surface area contributed by atoms with Crippen LogP contribution in [-0.2, 0) is 4.79 Å². The van der Waals surface area contributed by atoms with Crippen LogP contribution in [0.2, 0.25) is 0 Å². The molecule has 1 fully saturated rings. The molecule has 2 aromatic carbocycles. The number of rotatable bonds is 7. The van der Waals surface area contributed by atoms with Gasteiger partial charge in [0.15, 0.2) is 5.11 Å². The van der Waals surface area contributed by atoms with Gasteiger partial charge < -0.3 is 20.0 Å². The van der Waals surface area contributed by atoms with Crippen molar-refractivity contribution in [3.05, 3.63) is 108 Å². The van der Waals surface area contributed by atoms with E-state index in [1.807, 2.05) is 65.6 Å². The fraction of sp³-hybridized carbons (Fsp3) is 0.148. The van der Waals surface area contributed by atoms with E-state index in [9.17, 15) is 9.18 Å². The molecule has 1 aliphatic heterocycles. The number of carbonyl (C=O) groups excluding carboxylic acids is 1. The second-order valence-electron chi connectivity index (χ2n) is 8.19. The van der Waals surface area contributed by atoms with Crippen LogP contribution in [0.4, 0.5) is 10.1 Å². The highest BCUT2D eigenvalue weighted by Gasteiger charge is 2.41. The van der Waals surface area contributed by atoms with Crippen molar-refractivity contribution in [1.82, 2.24) is 15.2 Å². The zero-order chi connectivity index (χ0) is 24.2. The van der Waals surface area contributed by atoms with Crippen molar-refractivity contribution in [3.63, 3.8) is 0 Å². The fourth-order valence-electron chi connectivity index (χ4n) is 4.20. The van der Waals surface area contributed by atoms with Gasteiger partial charge in [0.25, 0.3) is 0 Å². The third-order valence-corrected chi connectivity index (χ3v) is 6.23. The lowest BCUT2D eigenvalue weighted by Gasteiger charge is -2.25. The summed E-state index contributed by atoms with van der Waals surface area (Å²) in [6.07, 6.45) is 1.98. The fourth-order valence-corrected chi connectivity index (χ4v) is 4.54. The predicted molar refractivity (Wildman–Crippen MR) is 136 cm³/mol. The molecule has 176 valence electrons. The Morgan fingerprint density at radius 2 is 1.80 bits per heavy atom. The lowest BCUT2D eigenvalue weighted by atomic mass is 10.0. The number of amides is 1. The van der Waals surface area contributed by atoms with Gasteiger partial charge in [0.2, 0.25) is 5.91 Å². The Labute approximate surface area is 207 Å². The van der Waals surface area contributed by atoms with Crippen LogP contribution < -0.4 is 10.6 Å². The first-order valence-corrected chi connectivity index (χ1v) is 11.7. The highest BCUT2D eigenvalue weighted by atomic mass is 32.1. The van der Waals surface area contributed by atoms with Gasteiger partial charge in [-0.1, -0.05) is 24.3 Å². The number of aromatic nitrogens is 1. The third kappa shape index (κ3) is 5.07. The summed E-state index contributed by atoms with van der Waals surface area (Å²) in [6.45, 7) is 0.394. The number of furan rings is 1. The van der Waals surface area contributed by atoms with Crippen molar-refractivity contribution in [2.24, 2.45) is 0 Å². The minimum Gasteiger partial charge on any atom is -0.459 e. The van der Waals surface area contributed by atoms with Gasteiger partial charge in [0.05, 0.1) is 11.7 Å². The van der Waals surface area contributed by atoms with Crippen molar-refractivity contribution < 1.29 is 13.6 Å². The topological polar surface area (TPSA) is 70.4 Å². The summed E-state index contributed by atoms with van der Waals surface area (Å²) in [6, 6.07) is 24.4. The molecule has 0 aliphatic carbocycles. The molecule has 0 unspecified atom stereocenters. The van der Waals surface area contributed by atoms with Gasteiger partial charge in [-0.05, 0) is 72.9 Å². The number of hydrogen-bond donors (Lipinski definition) is 2. The van der Waals surface area contributed by atoms with Crippen LogP contribution in [0.5, 0.6) is 0 Å². The van der Waals surface area contributed by atoms with E-state index in [0.717, 1.165) is 16.9 Å². The van der Waals surface area contributed by atoms with Gasteiger partial charge >= 0.3 is 0 Å². The molecule has 0 saturated carbocycles. The first-order chi connectivity index (χ1) is 17.1. The highest BCUT2D eigenvalue weighted by Crippen LogP contribution is 2.40. The minimum atomic E-state index is -0.309. The van der Waals surface area contributed by atoms with E-state index in [1.165, 1.54) is 12.1 Å². The van der Waals surface area contributed by atoms with E-state index in [2.05, 4.69) is 15.6 Å². The van der Waals surface area contributed by atoms with Crippen molar-refractivity contribution in [2.75, 3.05) is 11.9 Å². The van der Waals surface area contributed by atoms with Crippen LogP contribution in [0, 0.1) is 5.82 Å². The molecule has 2 aromatic heterocycles. The van der Waals surface area contributed by atoms with E-state index in [4.69, 9.17) is 16.6 Å². The number of hydrogen-bond acceptors (Lipinski definition) is 4. The highest BCUT2D eigenvalue weighted by molar-refractivity contribution is 7.80. The second kappa shape index (κ2) is 10.1. The Kier molecular flexibility index (Phi) is 6.54. The maximum Gasteiger partial charge on any atom is 0.226 e. The molecule has 2 N–H and O–H groups in total. The Bertz CT molecular complexity index is 1310. The molecule has 35 heavy (non-hydrogen) atoms. The molecule has 1 saturated heterocycles. The summed E-state index contributed by atoms with van der Waals surface area (Å²) in [5.74, 6) is 0.890. The first-order valence-electron chi connectivity index (χ1n) is 11.3. The molecule has 4 aromatic rings. The quantitative estimate of drug-likeness (QED) is 0.337. The SMILES string of the molecule is O=C(CCN1C(=S)N[C@@H](c2ccccn2)[C@@H]1c1ccc(-c2ccc(F)cc2)o1)Nc1ccccc1. The average Bonchev–Trinajstić information content (AvgIpc) is 3.49. The van der Waals surface area contributed by atoms with Crippen LogP contribution in [0.15, 0.2) is 95.5 Å². The maximum atomic E-state index is 13.4. The van der Waals surface area contributed by atoms with Crippen LogP contribution in [-0.4, -0.2) is 27.4 Å². The Morgan fingerprint density at radius 3 is 2.54 bits per heavy atom. The second-order valence-corrected chi connectivity index (χ2v) is 8.58. The minimum absolute atomic E-state index is 0.106. The van der Waals surface area contributed by atoms with Gasteiger partial charge in [0.1, 0.15) is 23.4 Å². The van der Waals surface area contributed by atoms with Gasteiger partial charge in [-0.25, -0.2) is 4.39 Å². The third-order valence-electron chi connectivity index (χ3n) is 5.88. The van der Waals surface area contributed by atoms with E-state index < -0.39 is 0 Å². The van der Waals surface area contributed by atoms with Crippen LogP contribution in [0.1, 0.15) is 30.0 Å². The summed E-state index contributed by atoms with van der Waals surface area (Å²) in [5.41, 5.74) is 2.34. The van der Waals surface area contributed by atoms with Crippen LogP contribution in [0.25, 0.3) is 11.3 Å². The largest absolute Gasteiger partial charge is 0.459 e. The number of pyridine rings is 1. The maximum absolute atomic E-state index is 13.4. The van der Waals surface area contributed by atoms with Gasteiger partial charge in [-0.3, -0.25) is 9.78 Å². The van der Waals surface area contributed by atoms with Crippen molar-refractivity contribution in [3.8, 4) is 11.3 Å². The van der Waals surface area contributed by atoms with E-state index in [0.29, 0.717) is 23.2 Å². The van der Waals surface area contributed by atoms with E-state index in [1.54, 1.807) is 18.3 Å². The number of nitrogens with zero attached hydrogens (tertiary/aromatic N) is 2. The number of thiocarbonyl (C=S) groups is 1.